The summed E-state index contributed by atoms with van der Waals surface area (Å²) in [6, 6.07) is 12.4. The number of carbonyl (C=O) groups excluding carboxylic acids is 1. The van der Waals surface area contributed by atoms with Gasteiger partial charge in [0.15, 0.2) is 0 Å². The average molecular weight is 399 g/mol. The molecular formula is C21H26N4O2S. The number of rotatable bonds is 5. The van der Waals surface area contributed by atoms with Gasteiger partial charge in [0.05, 0.1) is 22.9 Å². The minimum Gasteiger partial charge on any atom is -0.383 e. The molecule has 3 heterocycles. The number of benzene rings is 1. The number of nitrogens with zero attached hydrogens (tertiary/aromatic N) is 4. The van der Waals surface area contributed by atoms with Crippen LogP contribution in [0.3, 0.4) is 0 Å². The van der Waals surface area contributed by atoms with Crippen LogP contribution >= 0.6 is 11.3 Å². The number of amides is 1. The van der Waals surface area contributed by atoms with E-state index in [1.807, 2.05) is 52.9 Å². The predicted molar refractivity (Wildman–Crippen MR) is 112 cm³/mol. The minimum atomic E-state index is 0.124. The van der Waals surface area contributed by atoms with Crippen LogP contribution in [0, 0.1) is 6.92 Å². The highest BCUT2D eigenvalue weighted by atomic mass is 32.1. The number of hydrogen-bond donors (Lipinski definition) is 0. The monoisotopic (exact) mass is 398 g/mol. The summed E-state index contributed by atoms with van der Waals surface area (Å²) >= 11 is 1.53. The molecule has 1 aromatic carbocycles. The first-order chi connectivity index (χ1) is 13.6. The minimum absolute atomic E-state index is 0.124. The van der Waals surface area contributed by atoms with Gasteiger partial charge in [-0.3, -0.25) is 9.69 Å². The van der Waals surface area contributed by atoms with Crippen molar-refractivity contribution in [2.24, 2.45) is 0 Å². The van der Waals surface area contributed by atoms with Gasteiger partial charge in [0.1, 0.15) is 4.83 Å². The second-order valence-electron chi connectivity index (χ2n) is 7.29. The lowest BCUT2D eigenvalue weighted by Gasteiger charge is -2.39. The Morgan fingerprint density at radius 1 is 1.29 bits per heavy atom. The van der Waals surface area contributed by atoms with E-state index in [1.54, 1.807) is 7.11 Å². The third kappa shape index (κ3) is 3.57. The molecule has 1 aliphatic heterocycles. The number of para-hydroxylation sites is 1. The van der Waals surface area contributed by atoms with Crippen LogP contribution in [-0.4, -0.2) is 71.4 Å². The molecule has 3 aromatic rings. The molecule has 1 amide bonds. The van der Waals surface area contributed by atoms with Crippen LogP contribution in [0.2, 0.25) is 0 Å². The molecule has 0 spiro atoms. The maximum atomic E-state index is 13.2. The fourth-order valence-corrected chi connectivity index (χ4v) is 4.92. The van der Waals surface area contributed by atoms with E-state index in [0.717, 1.165) is 59.3 Å². The number of ether oxygens (including phenoxy) is 1. The summed E-state index contributed by atoms with van der Waals surface area (Å²) in [5.41, 5.74) is 1.97. The van der Waals surface area contributed by atoms with E-state index < -0.39 is 0 Å². The van der Waals surface area contributed by atoms with Crippen molar-refractivity contribution in [3.8, 4) is 5.69 Å². The van der Waals surface area contributed by atoms with E-state index in [4.69, 9.17) is 4.74 Å². The molecule has 4 rings (SSSR count). The Labute approximate surface area is 169 Å². The van der Waals surface area contributed by atoms with Crippen molar-refractivity contribution in [1.29, 1.82) is 0 Å². The number of aryl methyl sites for hydroxylation is 1. The number of hydrogen-bond acceptors (Lipinski definition) is 5. The largest absolute Gasteiger partial charge is 0.383 e. The molecule has 1 aliphatic rings. The molecule has 0 saturated carbocycles. The van der Waals surface area contributed by atoms with Gasteiger partial charge in [-0.1, -0.05) is 18.2 Å². The molecule has 1 unspecified atom stereocenters. The summed E-state index contributed by atoms with van der Waals surface area (Å²) in [5.74, 6) is 0.124. The Balaban J connectivity index is 1.56. The molecular weight excluding hydrogens is 372 g/mol. The van der Waals surface area contributed by atoms with Crippen molar-refractivity contribution in [3.63, 3.8) is 0 Å². The van der Waals surface area contributed by atoms with E-state index in [0.29, 0.717) is 6.04 Å². The predicted octanol–water partition coefficient (Wildman–Crippen LogP) is 3.19. The van der Waals surface area contributed by atoms with Gasteiger partial charge in [-0.15, -0.1) is 11.3 Å². The average Bonchev–Trinajstić information content (AvgIpc) is 3.28. The Kier molecular flexibility index (Phi) is 5.48. The summed E-state index contributed by atoms with van der Waals surface area (Å²) in [6.45, 7) is 8.21. The van der Waals surface area contributed by atoms with Crippen molar-refractivity contribution in [3.05, 3.63) is 47.0 Å². The third-order valence-corrected chi connectivity index (χ3v) is 6.49. The van der Waals surface area contributed by atoms with Gasteiger partial charge >= 0.3 is 0 Å². The third-order valence-electron chi connectivity index (χ3n) is 5.39. The van der Waals surface area contributed by atoms with Crippen LogP contribution in [0.4, 0.5) is 0 Å². The molecule has 1 atom stereocenters. The highest BCUT2D eigenvalue weighted by Crippen LogP contribution is 2.31. The Hall–Kier alpha value is -2.22. The summed E-state index contributed by atoms with van der Waals surface area (Å²) in [6.07, 6.45) is 0. The van der Waals surface area contributed by atoms with Gasteiger partial charge in [-0.05, 0) is 32.0 Å². The van der Waals surface area contributed by atoms with Crippen molar-refractivity contribution in [2.45, 2.75) is 19.9 Å². The van der Waals surface area contributed by atoms with Crippen molar-refractivity contribution >= 4 is 27.5 Å². The summed E-state index contributed by atoms with van der Waals surface area (Å²) in [4.78, 5) is 19.3. The molecule has 0 bridgehead atoms. The molecule has 0 N–H and O–H groups in total. The number of methoxy groups -OCH3 is 1. The lowest BCUT2D eigenvalue weighted by Crippen LogP contribution is -2.54. The zero-order chi connectivity index (χ0) is 19.7. The number of aromatic nitrogens is 2. The highest BCUT2D eigenvalue weighted by molar-refractivity contribution is 7.20. The van der Waals surface area contributed by atoms with Gasteiger partial charge in [0.25, 0.3) is 5.91 Å². The molecule has 0 radical (unpaired) electrons. The molecule has 0 aliphatic carbocycles. The van der Waals surface area contributed by atoms with Crippen LogP contribution in [0.15, 0.2) is 36.4 Å². The van der Waals surface area contributed by atoms with E-state index in [2.05, 4.69) is 16.9 Å². The van der Waals surface area contributed by atoms with Crippen LogP contribution in [-0.2, 0) is 4.74 Å². The Morgan fingerprint density at radius 3 is 2.79 bits per heavy atom. The fraction of sp³-hybridized carbons (Fsp3) is 0.429. The first-order valence-corrected chi connectivity index (χ1v) is 10.5. The highest BCUT2D eigenvalue weighted by Gasteiger charge is 2.28. The van der Waals surface area contributed by atoms with Crippen molar-refractivity contribution < 1.29 is 9.53 Å². The standard InChI is InChI=1S/C21H26N4O2S/c1-15-14-24(10-9-23(15)11-12-27-3)20(26)19-13-18-16(2)22-25(21(18)28-19)17-7-5-4-6-8-17/h4-8,13,15H,9-12,14H2,1-3H3. The summed E-state index contributed by atoms with van der Waals surface area (Å²) in [5, 5.41) is 5.73. The molecule has 28 heavy (non-hydrogen) atoms. The van der Waals surface area contributed by atoms with Crippen molar-refractivity contribution in [2.75, 3.05) is 39.9 Å². The lowest BCUT2D eigenvalue weighted by molar-refractivity contribution is 0.0438. The summed E-state index contributed by atoms with van der Waals surface area (Å²) in [7, 11) is 1.73. The molecule has 2 aromatic heterocycles. The van der Waals surface area contributed by atoms with Crippen LogP contribution in [0.1, 0.15) is 22.3 Å². The smallest absolute Gasteiger partial charge is 0.264 e. The molecule has 6 nitrogen and oxygen atoms in total. The first kappa shape index (κ1) is 19.1. The van der Waals surface area contributed by atoms with E-state index in [1.165, 1.54) is 11.3 Å². The van der Waals surface area contributed by atoms with Gasteiger partial charge in [-0.2, -0.15) is 5.10 Å². The van der Waals surface area contributed by atoms with Gasteiger partial charge < -0.3 is 9.64 Å². The van der Waals surface area contributed by atoms with Gasteiger partial charge in [0, 0.05) is 44.7 Å². The maximum Gasteiger partial charge on any atom is 0.264 e. The quantitative estimate of drug-likeness (QED) is 0.662. The topological polar surface area (TPSA) is 50.6 Å². The molecule has 1 fully saturated rings. The second kappa shape index (κ2) is 8.03. The Morgan fingerprint density at radius 2 is 2.07 bits per heavy atom. The number of thiophene rings is 1. The zero-order valence-corrected chi connectivity index (χ0v) is 17.4. The van der Waals surface area contributed by atoms with E-state index >= 15 is 0 Å². The number of fused-ring (bicyclic) bond motifs is 1. The number of piperazine rings is 1. The number of carbonyl (C=O) groups is 1. The van der Waals surface area contributed by atoms with Crippen LogP contribution in [0.25, 0.3) is 15.9 Å². The van der Waals surface area contributed by atoms with Crippen molar-refractivity contribution in [1.82, 2.24) is 19.6 Å². The SMILES string of the molecule is COCCN1CCN(C(=O)c2cc3c(C)nn(-c4ccccc4)c3s2)CC1C. The van der Waals surface area contributed by atoms with E-state index in [-0.39, 0.29) is 5.91 Å². The van der Waals surface area contributed by atoms with Crippen LogP contribution in [0.5, 0.6) is 0 Å². The van der Waals surface area contributed by atoms with E-state index in [9.17, 15) is 4.79 Å². The second-order valence-corrected chi connectivity index (χ2v) is 8.32. The molecule has 1 saturated heterocycles. The summed E-state index contributed by atoms with van der Waals surface area (Å²) < 4.78 is 7.13. The van der Waals surface area contributed by atoms with Gasteiger partial charge in [0.2, 0.25) is 0 Å². The maximum absolute atomic E-state index is 13.2. The lowest BCUT2D eigenvalue weighted by atomic mass is 10.2. The zero-order valence-electron chi connectivity index (χ0n) is 16.6. The Bertz CT molecular complexity index is 966. The molecule has 148 valence electrons. The first-order valence-electron chi connectivity index (χ1n) is 9.65. The normalized spacial score (nSPS) is 18.1. The fourth-order valence-electron chi connectivity index (χ4n) is 3.77. The van der Waals surface area contributed by atoms with Gasteiger partial charge in [-0.25, -0.2) is 4.68 Å². The van der Waals surface area contributed by atoms with Crippen LogP contribution < -0.4 is 0 Å². The molecule has 7 heteroatoms.